The van der Waals surface area contributed by atoms with Crippen LogP contribution in [-0.4, -0.2) is 17.4 Å². The number of aromatic nitrogens is 1. The molecule has 1 heterocycles. The molecule has 138 valence electrons. The van der Waals surface area contributed by atoms with Gasteiger partial charge in [-0.1, -0.05) is 41.9 Å². The molecule has 1 aliphatic carbocycles. The highest BCUT2D eigenvalue weighted by Crippen LogP contribution is 2.29. The molecule has 0 aliphatic heterocycles. The first kappa shape index (κ1) is 18.0. The highest BCUT2D eigenvalue weighted by Gasteiger charge is 2.22. The summed E-state index contributed by atoms with van der Waals surface area (Å²) in [6.07, 6.45) is 2.42. The highest BCUT2D eigenvalue weighted by molar-refractivity contribution is 7.13. The molecule has 1 fully saturated rings. The minimum Gasteiger partial charge on any atom is -0.489 e. The SMILES string of the molecule is O=C(NCC1CC1)c1csc(-c2cccc(OCc3ccccc3Cl)c2)n1. The molecule has 1 saturated carbocycles. The van der Waals surface area contributed by atoms with Gasteiger partial charge in [0.2, 0.25) is 0 Å². The predicted molar refractivity (Wildman–Crippen MR) is 108 cm³/mol. The van der Waals surface area contributed by atoms with Crippen molar-refractivity contribution >= 4 is 28.8 Å². The third kappa shape index (κ3) is 4.67. The van der Waals surface area contributed by atoms with Crippen LogP contribution in [-0.2, 0) is 6.61 Å². The molecule has 3 aromatic rings. The molecule has 6 heteroatoms. The average molecular weight is 399 g/mol. The summed E-state index contributed by atoms with van der Waals surface area (Å²) >= 11 is 7.63. The molecule has 0 atom stereocenters. The second-order valence-electron chi connectivity index (χ2n) is 6.60. The molecule has 0 radical (unpaired) electrons. The van der Waals surface area contributed by atoms with E-state index in [1.54, 1.807) is 5.38 Å². The molecule has 1 aromatic heterocycles. The molecular weight excluding hydrogens is 380 g/mol. The number of hydrogen-bond donors (Lipinski definition) is 1. The van der Waals surface area contributed by atoms with Crippen LogP contribution in [0.4, 0.5) is 0 Å². The van der Waals surface area contributed by atoms with E-state index in [4.69, 9.17) is 16.3 Å². The Kier molecular flexibility index (Phi) is 5.41. The Balaban J connectivity index is 1.42. The predicted octanol–water partition coefficient (Wildman–Crippen LogP) is 5.18. The van der Waals surface area contributed by atoms with Gasteiger partial charge in [0.25, 0.3) is 5.91 Å². The number of nitrogens with one attached hydrogen (secondary N) is 1. The molecule has 0 unspecified atom stereocenters. The summed E-state index contributed by atoms with van der Waals surface area (Å²) in [7, 11) is 0. The van der Waals surface area contributed by atoms with E-state index >= 15 is 0 Å². The average Bonchev–Trinajstić information content (AvgIpc) is 3.39. The number of nitrogens with zero attached hydrogens (tertiary/aromatic N) is 1. The monoisotopic (exact) mass is 398 g/mol. The Bertz CT molecular complexity index is 953. The lowest BCUT2D eigenvalue weighted by atomic mass is 10.2. The maximum absolute atomic E-state index is 12.2. The first-order valence-corrected chi connectivity index (χ1v) is 10.1. The molecule has 2 aromatic carbocycles. The minimum absolute atomic E-state index is 0.101. The fraction of sp³-hybridized carbons (Fsp3) is 0.238. The lowest BCUT2D eigenvalue weighted by molar-refractivity contribution is 0.0947. The molecule has 0 bridgehead atoms. The summed E-state index contributed by atoms with van der Waals surface area (Å²) in [5.74, 6) is 1.29. The molecule has 27 heavy (non-hydrogen) atoms. The van der Waals surface area contributed by atoms with E-state index in [1.807, 2.05) is 48.5 Å². The lowest BCUT2D eigenvalue weighted by Gasteiger charge is -2.08. The van der Waals surface area contributed by atoms with E-state index in [1.165, 1.54) is 24.2 Å². The van der Waals surface area contributed by atoms with Gasteiger partial charge in [0.05, 0.1) is 0 Å². The number of amides is 1. The summed E-state index contributed by atoms with van der Waals surface area (Å²) in [5, 5.41) is 6.24. The first-order chi connectivity index (χ1) is 13.2. The third-order valence-electron chi connectivity index (χ3n) is 4.42. The van der Waals surface area contributed by atoms with Gasteiger partial charge in [-0.3, -0.25) is 4.79 Å². The van der Waals surface area contributed by atoms with Crippen LogP contribution in [0.3, 0.4) is 0 Å². The normalized spacial score (nSPS) is 13.4. The minimum atomic E-state index is -0.101. The van der Waals surface area contributed by atoms with E-state index < -0.39 is 0 Å². The van der Waals surface area contributed by atoms with Crippen LogP contribution in [0.5, 0.6) is 5.75 Å². The summed E-state index contributed by atoms with van der Waals surface area (Å²) in [6.45, 7) is 1.15. The van der Waals surface area contributed by atoms with Gasteiger partial charge in [-0.15, -0.1) is 11.3 Å². The Morgan fingerprint density at radius 1 is 1.22 bits per heavy atom. The van der Waals surface area contributed by atoms with Gasteiger partial charge in [0.15, 0.2) is 0 Å². The molecule has 0 spiro atoms. The van der Waals surface area contributed by atoms with Gasteiger partial charge in [-0.2, -0.15) is 0 Å². The van der Waals surface area contributed by atoms with Crippen LogP contribution in [0, 0.1) is 5.92 Å². The zero-order valence-corrected chi connectivity index (χ0v) is 16.2. The first-order valence-electron chi connectivity index (χ1n) is 8.89. The van der Waals surface area contributed by atoms with Crippen LogP contribution in [0.15, 0.2) is 53.9 Å². The molecule has 0 saturated heterocycles. The standard InChI is InChI=1S/C21H19ClN2O2S/c22-18-7-2-1-4-16(18)12-26-17-6-3-5-15(10-17)21-24-19(13-27-21)20(25)23-11-14-8-9-14/h1-7,10,13-14H,8-9,11-12H2,(H,23,25). The summed E-state index contributed by atoms with van der Waals surface area (Å²) in [4.78, 5) is 16.7. The third-order valence-corrected chi connectivity index (χ3v) is 5.68. The number of carbonyl (C=O) groups excluding carboxylic acids is 1. The van der Waals surface area contributed by atoms with Crippen molar-refractivity contribution in [2.75, 3.05) is 6.54 Å². The number of halogens is 1. The van der Waals surface area contributed by atoms with E-state index in [0.29, 0.717) is 23.2 Å². The van der Waals surface area contributed by atoms with Crippen molar-refractivity contribution in [3.8, 4) is 16.3 Å². The molecule has 4 nitrogen and oxygen atoms in total. The second kappa shape index (κ2) is 8.11. The van der Waals surface area contributed by atoms with Gasteiger partial charge in [0.1, 0.15) is 23.1 Å². The van der Waals surface area contributed by atoms with Crippen molar-refractivity contribution in [1.82, 2.24) is 10.3 Å². The van der Waals surface area contributed by atoms with Crippen molar-refractivity contribution in [2.45, 2.75) is 19.4 Å². The quantitative estimate of drug-likeness (QED) is 0.596. The van der Waals surface area contributed by atoms with Crippen LogP contribution >= 0.6 is 22.9 Å². The fourth-order valence-electron chi connectivity index (χ4n) is 2.66. The maximum atomic E-state index is 12.2. The van der Waals surface area contributed by atoms with Gasteiger partial charge >= 0.3 is 0 Å². The lowest BCUT2D eigenvalue weighted by Crippen LogP contribution is -2.25. The van der Waals surface area contributed by atoms with Crippen LogP contribution in [0.25, 0.3) is 10.6 Å². The maximum Gasteiger partial charge on any atom is 0.270 e. The zero-order valence-electron chi connectivity index (χ0n) is 14.7. The van der Waals surface area contributed by atoms with E-state index in [9.17, 15) is 4.79 Å². The molecule has 1 amide bonds. The van der Waals surface area contributed by atoms with Gasteiger partial charge in [0, 0.05) is 28.1 Å². The number of hydrogen-bond acceptors (Lipinski definition) is 4. The van der Waals surface area contributed by atoms with Crippen LogP contribution in [0.2, 0.25) is 5.02 Å². The highest BCUT2D eigenvalue weighted by atomic mass is 35.5. The summed E-state index contributed by atoms with van der Waals surface area (Å²) in [6, 6.07) is 15.3. The molecule has 1 aliphatic rings. The van der Waals surface area contributed by atoms with Crippen molar-refractivity contribution in [1.29, 1.82) is 0 Å². The van der Waals surface area contributed by atoms with Crippen LogP contribution < -0.4 is 10.1 Å². The Labute approximate surface area is 167 Å². The zero-order chi connectivity index (χ0) is 18.6. The van der Waals surface area contributed by atoms with Crippen molar-refractivity contribution in [2.24, 2.45) is 5.92 Å². The Morgan fingerprint density at radius 2 is 2.07 bits per heavy atom. The van der Waals surface area contributed by atoms with Gasteiger partial charge in [-0.05, 0) is 37.0 Å². The summed E-state index contributed by atoms with van der Waals surface area (Å²) in [5.41, 5.74) is 2.34. The number of rotatable bonds is 7. The Hall–Kier alpha value is -2.37. The van der Waals surface area contributed by atoms with Crippen molar-refractivity contribution in [3.63, 3.8) is 0 Å². The van der Waals surface area contributed by atoms with E-state index in [-0.39, 0.29) is 5.91 Å². The summed E-state index contributed by atoms with van der Waals surface area (Å²) < 4.78 is 5.87. The van der Waals surface area contributed by atoms with Crippen molar-refractivity contribution < 1.29 is 9.53 Å². The van der Waals surface area contributed by atoms with E-state index in [0.717, 1.165) is 28.4 Å². The second-order valence-corrected chi connectivity index (χ2v) is 7.86. The smallest absolute Gasteiger partial charge is 0.270 e. The molecular formula is C21H19ClN2O2S. The van der Waals surface area contributed by atoms with Crippen LogP contribution in [0.1, 0.15) is 28.9 Å². The number of thiazole rings is 1. The molecule has 4 rings (SSSR count). The fourth-order valence-corrected chi connectivity index (χ4v) is 3.64. The van der Waals surface area contributed by atoms with Gasteiger partial charge < -0.3 is 10.1 Å². The number of ether oxygens (including phenoxy) is 1. The number of benzene rings is 2. The van der Waals surface area contributed by atoms with E-state index in [2.05, 4.69) is 10.3 Å². The topological polar surface area (TPSA) is 51.2 Å². The molecule has 1 N–H and O–H groups in total. The van der Waals surface area contributed by atoms with Gasteiger partial charge in [-0.25, -0.2) is 4.98 Å². The van der Waals surface area contributed by atoms with Crippen molar-refractivity contribution in [3.05, 3.63) is 70.2 Å². The largest absolute Gasteiger partial charge is 0.489 e. The number of carbonyl (C=O) groups is 1. The Morgan fingerprint density at radius 3 is 2.89 bits per heavy atom.